The normalized spacial score (nSPS) is 11.7. The third-order valence-electron chi connectivity index (χ3n) is 4.01. The van der Waals surface area contributed by atoms with Crippen molar-refractivity contribution in [2.24, 2.45) is 0 Å². The van der Waals surface area contributed by atoms with E-state index in [4.69, 9.17) is 4.74 Å². The number of carbonyl (C=O) groups is 2. The van der Waals surface area contributed by atoms with E-state index in [-0.39, 0.29) is 18.4 Å². The van der Waals surface area contributed by atoms with Crippen molar-refractivity contribution in [3.63, 3.8) is 0 Å². The zero-order valence-corrected chi connectivity index (χ0v) is 14.4. The van der Waals surface area contributed by atoms with E-state index >= 15 is 0 Å². The molecule has 0 fully saturated rings. The Kier molecular flexibility index (Phi) is 5.53. The fourth-order valence-corrected chi connectivity index (χ4v) is 2.52. The van der Waals surface area contributed by atoms with Crippen molar-refractivity contribution in [2.45, 2.75) is 12.8 Å². The SMILES string of the molecule is C[C@H](CNC(=O)COC(=O)c1ccc2nccnc2c1)c1ccccc1. The number of nitrogens with zero attached hydrogens (tertiary/aromatic N) is 2. The first kappa shape index (κ1) is 17.5. The molecule has 2 aromatic carbocycles. The van der Waals surface area contributed by atoms with Crippen LogP contribution in [0.5, 0.6) is 0 Å². The minimum atomic E-state index is -0.566. The van der Waals surface area contributed by atoms with Gasteiger partial charge in [-0.3, -0.25) is 14.8 Å². The highest BCUT2D eigenvalue weighted by Gasteiger charge is 2.12. The molecule has 0 aliphatic carbocycles. The molecule has 0 bridgehead atoms. The smallest absolute Gasteiger partial charge is 0.338 e. The molecule has 3 aromatic rings. The number of ether oxygens (including phenoxy) is 1. The maximum atomic E-state index is 12.1. The molecule has 1 aromatic heterocycles. The van der Waals surface area contributed by atoms with Gasteiger partial charge >= 0.3 is 5.97 Å². The van der Waals surface area contributed by atoms with Gasteiger partial charge in [-0.05, 0) is 29.7 Å². The van der Waals surface area contributed by atoms with E-state index in [0.717, 1.165) is 5.56 Å². The number of carbonyl (C=O) groups excluding carboxylic acids is 2. The van der Waals surface area contributed by atoms with Crippen LogP contribution < -0.4 is 5.32 Å². The van der Waals surface area contributed by atoms with Crippen LogP contribution in [0.25, 0.3) is 11.0 Å². The van der Waals surface area contributed by atoms with Crippen LogP contribution in [0.4, 0.5) is 0 Å². The van der Waals surface area contributed by atoms with Crippen LogP contribution in [-0.2, 0) is 9.53 Å². The second-order valence-corrected chi connectivity index (χ2v) is 5.95. The van der Waals surface area contributed by atoms with Crippen LogP contribution in [-0.4, -0.2) is 35.0 Å². The van der Waals surface area contributed by atoms with Crippen LogP contribution in [0.15, 0.2) is 60.9 Å². The van der Waals surface area contributed by atoms with Crippen molar-refractivity contribution in [3.05, 3.63) is 72.1 Å². The average Bonchev–Trinajstić information content (AvgIpc) is 2.70. The van der Waals surface area contributed by atoms with E-state index in [1.807, 2.05) is 37.3 Å². The Hall–Kier alpha value is -3.28. The van der Waals surface area contributed by atoms with Gasteiger partial charge in [-0.25, -0.2) is 4.79 Å². The minimum absolute atomic E-state index is 0.176. The topological polar surface area (TPSA) is 81.2 Å². The van der Waals surface area contributed by atoms with E-state index in [0.29, 0.717) is 23.1 Å². The van der Waals surface area contributed by atoms with Gasteiger partial charge in [0.25, 0.3) is 5.91 Å². The zero-order chi connectivity index (χ0) is 18.4. The van der Waals surface area contributed by atoms with Gasteiger partial charge in [-0.1, -0.05) is 37.3 Å². The molecule has 0 spiro atoms. The summed E-state index contributed by atoms with van der Waals surface area (Å²) < 4.78 is 5.08. The monoisotopic (exact) mass is 349 g/mol. The van der Waals surface area contributed by atoms with E-state index in [2.05, 4.69) is 15.3 Å². The first-order valence-corrected chi connectivity index (χ1v) is 8.33. The summed E-state index contributed by atoms with van der Waals surface area (Å²) in [6.07, 6.45) is 3.14. The lowest BCUT2D eigenvalue weighted by atomic mass is 10.0. The maximum Gasteiger partial charge on any atom is 0.338 e. The lowest BCUT2D eigenvalue weighted by Crippen LogP contribution is -2.31. The zero-order valence-electron chi connectivity index (χ0n) is 14.4. The number of hydrogen-bond donors (Lipinski definition) is 1. The highest BCUT2D eigenvalue weighted by atomic mass is 16.5. The summed E-state index contributed by atoms with van der Waals surface area (Å²) in [6.45, 7) is 2.18. The molecule has 6 heteroatoms. The van der Waals surface area contributed by atoms with Crippen LogP contribution in [0.3, 0.4) is 0 Å². The predicted molar refractivity (Wildman–Crippen MR) is 97.7 cm³/mol. The van der Waals surface area contributed by atoms with E-state index < -0.39 is 5.97 Å². The molecule has 0 aliphatic heterocycles. The van der Waals surface area contributed by atoms with Crippen molar-refractivity contribution < 1.29 is 14.3 Å². The molecule has 1 heterocycles. The third kappa shape index (κ3) is 4.42. The second kappa shape index (κ2) is 8.20. The van der Waals surface area contributed by atoms with Crippen LogP contribution in [0.2, 0.25) is 0 Å². The minimum Gasteiger partial charge on any atom is -0.452 e. The molecular formula is C20H19N3O3. The number of rotatable bonds is 6. The Balaban J connectivity index is 1.49. The summed E-state index contributed by atoms with van der Waals surface area (Å²) in [5.74, 6) is -0.722. The van der Waals surface area contributed by atoms with Gasteiger partial charge in [0.05, 0.1) is 16.6 Å². The number of amides is 1. The molecule has 1 N–H and O–H groups in total. The van der Waals surface area contributed by atoms with Crippen molar-refractivity contribution >= 4 is 22.9 Å². The summed E-state index contributed by atoms with van der Waals surface area (Å²) in [7, 11) is 0. The van der Waals surface area contributed by atoms with Gasteiger partial charge in [-0.15, -0.1) is 0 Å². The maximum absolute atomic E-state index is 12.1. The summed E-state index contributed by atoms with van der Waals surface area (Å²) >= 11 is 0. The van der Waals surface area contributed by atoms with Gasteiger partial charge in [0.1, 0.15) is 0 Å². The van der Waals surface area contributed by atoms with Gasteiger partial charge in [0.2, 0.25) is 0 Å². The van der Waals surface area contributed by atoms with Crippen LogP contribution in [0, 0.1) is 0 Å². The van der Waals surface area contributed by atoms with Gasteiger partial charge in [0.15, 0.2) is 6.61 Å². The summed E-state index contributed by atoms with van der Waals surface area (Å²) in [4.78, 5) is 32.3. The number of aromatic nitrogens is 2. The Bertz CT molecular complexity index is 912. The first-order chi connectivity index (χ1) is 12.6. The predicted octanol–water partition coefficient (Wildman–Crippen LogP) is 2.71. The molecule has 1 amide bonds. The van der Waals surface area contributed by atoms with Crippen molar-refractivity contribution in [3.8, 4) is 0 Å². The van der Waals surface area contributed by atoms with E-state index in [9.17, 15) is 9.59 Å². The quantitative estimate of drug-likeness (QED) is 0.692. The van der Waals surface area contributed by atoms with Gasteiger partial charge < -0.3 is 10.1 Å². The second-order valence-electron chi connectivity index (χ2n) is 5.95. The van der Waals surface area contributed by atoms with Crippen molar-refractivity contribution in [2.75, 3.05) is 13.2 Å². The molecule has 6 nitrogen and oxygen atoms in total. The van der Waals surface area contributed by atoms with Crippen molar-refractivity contribution in [1.82, 2.24) is 15.3 Å². The third-order valence-corrected chi connectivity index (χ3v) is 4.01. The number of benzene rings is 2. The van der Waals surface area contributed by atoms with Gasteiger partial charge in [0, 0.05) is 18.9 Å². The summed E-state index contributed by atoms with van der Waals surface area (Å²) in [6, 6.07) is 14.8. The Labute approximate surface area is 151 Å². The largest absolute Gasteiger partial charge is 0.452 e. The molecule has 0 radical (unpaired) electrons. The Morgan fingerprint density at radius 3 is 2.54 bits per heavy atom. The summed E-state index contributed by atoms with van der Waals surface area (Å²) in [5.41, 5.74) is 2.77. The standard InChI is InChI=1S/C20H19N3O3/c1-14(15-5-3-2-4-6-15)12-23-19(24)13-26-20(25)16-7-8-17-18(11-16)22-10-9-21-17/h2-11,14H,12-13H2,1H3,(H,23,24)/t14-/m1/s1. The average molecular weight is 349 g/mol. The molecule has 0 unspecified atom stereocenters. The van der Waals surface area contributed by atoms with Crippen LogP contribution >= 0.6 is 0 Å². The highest BCUT2D eigenvalue weighted by molar-refractivity contribution is 5.94. The molecule has 3 rings (SSSR count). The molecule has 26 heavy (non-hydrogen) atoms. The molecule has 0 saturated heterocycles. The Morgan fingerprint density at radius 1 is 1.04 bits per heavy atom. The van der Waals surface area contributed by atoms with E-state index in [1.54, 1.807) is 30.6 Å². The summed E-state index contributed by atoms with van der Waals surface area (Å²) in [5, 5.41) is 2.78. The Morgan fingerprint density at radius 2 is 1.77 bits per heavy atom. The highest BCUT2D eigenvalue weighted by Crippen LogP contribution is 2.13. The van der Waals surface area contributed by atoms with Crippen LogP contribution in [0.1, 0.15) is 28.8 Å². The molecule has 132 valence electrons. The molecule has 0 aliphatic rings. The molecule has 0 saturated carbocycles. The molecular weight excluding hydrogens is 330 g/mol. The lowest BCUT2D eigenvalue weighted by molar-refractivity contribution is -0.124. The fraction of sp³-hybridized carbons (Fsp3) is 0.200. The fourth-order valence-electron chi connectivity index (χ4n) is 2.52. The number of esters is 1. The molecule has 1 atom stereocenters. The number of hydrogen-bond acceptors (Lipinski definition) is 5. The van der Waals surface area contributed by atoms with E-state index in [1.165, 1.54) is 0 Å². The lowest BCUT2D eigenvalue weighted by Gasteiger charge is -2.13. The number of nitrogens with one attached hydrogen (secondary N) is 1. The van der Waals surface area contributed by atoms with Gasteiger partial charge in [-0.2, -0.15) is 0 Å². The van der Waals surface area contributed by atoms with Crippen molar-refractivity contribution in [1.29, 1.82) is 0 Å². The first-order valence-electron chi connectivity index (χ1n) is 8.33. The number of fused-ring (bicyclic) bond motifs is 1.